The van der Waals surface area contributed by atoms with Gasteiger partial charge in [-0.2, -0.15) is 0 Å². The standard InChI is InChI=1S/C17H22ClN/c1-19-9-8-17-7-3-2-4-14(17)16(19)10-12-5-6-13(18)11-15(12)17/h5-6,11,14,16H,2-4,7-10H2,1H3/t14?,16-,17-/m0/s1. The fraction of sp³-hybridized carbons (Fsp3) is 0.647. The number of likely N-dealkylation sites (N-methyl/N-ethyl adjacent to an activating group) is 1. The quantitative estimate of drug-likeness (QED) is 0.691. The van der Waals surface area contributed by atoms with Gasteiger partial charge < -0.3 is 4.90 Å². The highest BCUT2D eigenvalue weighted by atomic mass is 35.5. The molecule has 2 heteroatoms. The molecule has 1 aromatic rings. The molecule has 0 aromatic heterocycles. The first-order chi connectivity index (χ1) is 9.21. The second-order valence-electron chi connectivity index (χ2n) is 6.81. The summed E-state index contributed by atoms with van der Waals surface area (Å²) in [6, 6.07) is 7.42. The van der Waals surface area contributed by atoms with Crippen LogP contribution in [0.15, 0.2) is 18.2 Å². The van der Waals surface area contributed by atoms with Crippen LogP contribution in [0.4, 0.5) is 0 Å². The molecule has 1 saturated heterocycles. The predicted octanol–water partition coefficient (Wildman–Crippen LogP) is 4.03. The number of piperidine rings is 1. The largest absolute Gasteiger partial charge is 0.303 e. The minimum absolute atomic E-state index is 0.452. The van der Waals surface area contributed by atoms with Gasteiger partial charge in [0.15, 0.2) is 0 Å². The summed E-state index contributed by atoms with van der Waals surface area (Å²) in [6.07, 6.45) is 8.19. The molecule has 2 fully saturated rings. The molecule has 1 saturated carbocycles. The number of likely N-dealkylation sites (tertiary alicyclic amines) is 1. The fourth-order valence-electron chi connectivity index (χ4n) is 5.17. The van der Waals surface area contributed by atoms with Gasteiger partial charge in [0.25, 0.3) is 0 Å². The maximum Gasteiger partial charge on any atom is 0.0409 e. The van der Waals surface area contributed by atoms with E-state index in [0.29, 0.717) is 5.41 Å². The second-order valence-corrected chi connectivity index (χ2v) is 7.25. The summed E-state index contributed by atoms with van der Waals surface area (Å²) in [4.78, 5) is 2.62. The minimum Gasteiger partial charge on any atom is -0.303 e. The van der Waals surface area contributed by atoms with E-state index >= 15 is 0 Å². The minimum atomic E-state index is 0.452. The van der Waals surface area contributed by atoms with Crippen molar-refractivity contribution in [3.63, 3.8) is 0 Å². The Hall–Kier alpha value is -0.530. The predicted molar refractivity (Wildman–Crippen MR) is 79.8 cm³/mol. The first-order valence-electron chi connectivity index (χ1n) is 7.70. The Bertz CT molecular complexity index is 512. The highest BCUT2D eigenvalue weighted by Gasteiger charge is 2.52. The number of hydrogen-bond donors (Lipinski definition) is 0. The number of rotatable bonds is 0. The van der Waals surface area contributed by atoms with E-state index < -0.39 is 0 Å². The number of fused-ring (bicyclic) bond motifs is 1. The molecule has 3 aliphatic rings. The van der Waals surface area contributed by atoms with Gasteiger partial charge >= 0.3 is 0 Å². The van der Waals surface area contributed by atoms with Gasteiger partial charge in [-0.3, -0.25) is 0 Å². The summed E-state index contributed by atoms with van der Waals surface area (Å²) < 4.78 is 0. The molecule has 1 nitrogen and oxygen atoms in total. The Kier molecular flexibility index (Phi) is 2.72. The molecule has 1 aromatic carbocycles. The van der Waals surface area contributed by atoms with E-state index in [1.54, 1.807) is 11.1 Å². The van der Waals surface area contributed by atoms with Crippen molar-refractivity contribution in [2.24, 2.45) is 5.92 Å². The maximum atomic E-state index is 6.30. The van der Waals surface area contributed by atoms with Crippen molar-refractivity contribution in [1.29, 1.82) is 0 Å². The first-order valence-corrected chi connectivity index (χ1v) is 8.08. The third kappa shape index (κ3) is 1.64. The van der Waals surface area contributed by atoms with Gasteiger partial charge in [-0.1, -0.05) is 30.5 Å². The van der Waals surface area contributed by atoms with Crippen molar-refractivity contribution < 1.29 is 0 Å². The van der Waals surface area contributed by atoms with Crippen LogP contribution < -0.4 is 0 Å². The molecule has 2 aliphatic carbocycles. The smallest absolute Gasteiger partial charge is 0.0409 e. The van der Waals surface area contributed by atoms with Crippen LogP contribution >= 0.6 is 11.6 Å². The number of benzene rings is 1. The van der Waals surface area contributed by atoms with E-state index in [2.05, 4.69) is 30.1 Å². The van der Waals surface area contributed by atoms with Crippen LogP contribution in [0.3, 0.4) is 0 Å². The number of nitrogens with zero attached hydrogens (tertiary/aromatic N) is 1. The van der Waals surface area contributed by atoms with E-state index in [-0.39, 0.29) is 0 Å². The van der Waals surface area contributed by atoms with E-state index in [0.717, 1.165) is 17.0 Å². The van der Waals surface area contributed by atoms with Gasteiger partial charge in [0.05, 0.1) is 0 Å². The molecule has 1 heterocycles. The Morgan fingerprint density at radius 2 is 2.16 bits per heavy atom. The molecular weight excluding hydrogens is 254 g/mol. The third-order valence-corrected chi connectivity index (χ3v) is 6.31. The molecule has 1 aliphatic heterocycles. The van der Waals surface area contributed by atoms with Crippen LogP contribution in [0.5, 0.6) is 0 Å². The monoisotopic (exact) mass is 275 g/mol. The SMILES string of the molecule is CN1CC[C@@]23CCCCC2[C@@H]1Cc1ccc(Cl)cc13. The first kappa shape index (κ1) is 12.2. The summed E-state index contributed by atoms with van der Waals surface area (Å²) in [5.41, 5.74) is 3.63. The fourth-order valence-corrected chi connectivity index (χ4v) is 5.34. The summed E-state index contributed by atoms with van der Waals surface area (Å²) in [6.45, 7) is 1.26. The molecule has 0 amide bonds. The summed E-state index contributed by atoms with van der Waals surface area (Å²) in [5.74, 6) is 0.867. The van der Waals surface area contributed by atoms with Gasteiger partial charge in [-0.15, -0.1) is 0 Å². The van der Waals surface area contributed by atoms with Gasteiger partial charge in [0.1, 0.15) is 0 Å². The lowest BCUT2D eigenvalue weighted by Gasteiger charge is -2.58. The van der Waals surface area contributed by atoms with Crippen LogP contribution in [0.2, 0.25) is 5.02 Å². The van der Waals surface area contributed by atoms with E-state index in [9.17, 15) is 0 Å². The lowest BCUT2D eigenvalue weighted by Crippen LogP contribution is -2.59. The molecule has 0 radical (unpaired) electrons. The Balaban J connectivity index is 1.90. The van der Waals surface area contributed by atoms with Crippen molar-refractivity contribution in [3.05, 3.63) is 34.3 Å². The van der Waals surface area contributed by atoms with E-state index in [1.807, 2.05) is 0 Å². The Morgan fingerprint density at radius 3 is 3.05 bits per heavy atom. The van der Waals surface area contributed by atoms with Gasteiger partial charge in [-0.05, 0) is 68.5 Å². The molecule has 0 N–H and O–H groups in total. The molecular formula is C17H22ClN. The molecule has 102 valence electrons. The Labute approximate surface area is 120 Å². The topological polar surface area (TPSA) is 3.24 Å². The summed E-state index contributed by atoms with van der Waals surface area (Å²) in [7, 11) is 2.32. The molecule has 2 bridgehead atoms. The normalized spacial score (nSPS) is 37.6. The number of hydrogen-bond acceptors (Lipinski definition) is 1. The van der Waals surface area contributed by atoms with Crippen molar-refractivity contribution in [1.82, 2.24) is 4.90 Å². The van der Waals surface area contributed by atoms with Crippen molar-refractivity contribution in [2.75, 3.05) is 13.6 Å². The van der Waals surface area contributed by atoms with Crippen LogP contribution in [-0.4, -0.2) is 24.5 Å². The zero-order valence-corrected chi connectivity index (χ0v) is 12.4. The van der Waals surface area contributed by atoms with Gasteiger partial charge in [0.2, 0.25) is 0 Å². The maximum absolute atomic E-state index is 6.30. The zero-order chi connectivity index (χ0) is 13.0. The highest BCUT2D eigenvalue weighted by Crippen LogP contribution is 2.55. The van der Waals surface area contributed by atoms with Crippen LogP contribution in [-0.2, 0) is 11.8 Å². The molecule has 3 atom stereocenters. The van der Waals surface area contributed by atoms with Crippen LogP contribution in [0, 0.1) is 5.92 Å². The zero-order valence-electron chi connectivity index (χ0n) is 11.7. The molecule has 19 heavy (non-hydrogen) atoms. The average molecular weight is 276 g/mol. The van der Waals surface area contributed by atoms with E-state index in [4.69, 9.17) is 11.6 Å². The van der Waals surface area contributed by atoms with Crippen LogP contribution in [0.25, 0.3) is 0 Å². The van der Waals surface area contributed by atoms with Crippen LogP contribution in [0.1, 0.15) is 43.2 Å². The van der Waals surface area contributed by atoms with Crippen molar-refractivity contribution >= 4 is 11.6 Å². The van der Waals surface area contributed by atoms with Gasteiger partial charge in [0, 0.05) is 16.5 Å². The van der Waals surface area contributed by atoms with Crippen molar-refractivity contribution in [3.8, 4) is 0 Å². The summed E-state index contributed by atoms with van der Waals surface area (Å²) >= 11 is 6.30. The second kappa shape index (κ2) is 4.23. The Morgan fingerprint density at radius 1 is 1.26 bits per heavy atom. The summed E-state index contributed by atoms with van der Waals surface area (Å²) in [5, 5.41) is 0.926. The highest BCUT2D eigenvalue weighted by molar-refractivity contribution is 6.30. The molecule has 1 unspecified atom stereocenters. The molecule has 0 spiro atoms. The average Bonchev–Trinajstić information content (AvgIpc) is 2.43. The lowest BCUT2D eigenvalue weighted by molar-refractivity contribution is 0.00287. The molecule has 4 rings (SSSR count). The van der Waals surface area contributed by atoms with Gasteiger partial charge in [-0.25, -0.2) is 0 Å². The lowest BCUT2D eigenvalue weighted by atomic mass is 9.52. The van der Waals surface area contributed by atoms with Crippen molar-refractivity contribution in [2.45, 2.75) is 50.0 Å². The number of halogens is 1. The third-order valence-electron chi connectivity index (χ3n) is 6.08. The van der Waals surface area contributed by atoms with E-state index in [1.165, 1.54) is 45.1 Å².